The number of fused-ring (bicyclic) bond motifs is 1. The maximum absolute atomic E-state index is 12.2. The van der Waals surface area contributed by atoms with Gasteiger partial charge in [0.1, 0.15) is 0 Å². The molecule has 1 aliphatic rings. The van der Waals surface area contributed by atoms with Gasteiger partial charge in [0.25, 0.3) is 0 Å². The van der Waals surface area contributed by atoms with Crippen LogP contribution in [0.2, 0.25) is 0 Å². The van der Waals surface area contributed by atoms with E-state index in [1.54, 1.807) is 10.8 Å². The summed E-state index contributed by atoms with van der Waals surface area (Å²) >= 11 is 0. The molecule has 0 N–H and O–H groups in total. The lowest BCUT2D eigenvalue weighted by Crippen LogP contribution is -2.23. The quantitative estimate of drug-likeness (QED) is 0.730. The van der Waals surface area contributed by atoms with Gasteiger partial charge in [0, 0.05) is 30.0 Å². The highest BCUT2D eigenvalue weighted by atomic mass is 16.1. The van der Waals surface area contributed by atoms with E-state index >= 15 is 0 Å². The lowest BCUT2D eigenvalue weighted by Gasteiger charge is -2.04. The number of hydrogen-bond acceptors (Lipinski definition) is 2. The Morgan fingerprint density at radius 2 is 2.10 bits per heavy atom. The zero-order valence-corrected chi connectivity index (χ0v) is 11.1. The van der Waals surface area contributed by atoms with Gasteiger partial charge in [0.05, 0.1) is 12.1 Å². The molecule has 4 nitrogen and oxygen atoms in total. The highest BCUT2D eigenvalue weighted by Gasteiger charge is 2.25. The van der Waals surface area contributed by atoms with Crippen molar-refractivity contribution in [2.75, 3.05) is 0 Å². The van der Waals surface area contributed by atoms with Gasteiger partial charge >= 0.3 is 5.69 Å². The highest BCUT2D eigenvalue weighted by molar-refractivity contribution is 5.78. The molecule has 0 saturated heterocycles. The van der Waals surface area contributed by atoms with E-state index in [1.165, 1.54) is 0 Å². The fourth-order valence-electron chi connectivity index (χ4n) is 2.60. The Morgan fingerprint density at radius 1 is 1.20 bits per heavy atom. The molecule has 0 bridgehead atoms. The van der Waals surface area contributed by atoms with Crippen molar-refractivity contribution in [1.29, 1.82) is 0 Å². The Labute approximate surface area is 116 Å². The van der Waals surface area contributed by atoms with Gasteiger partial charge in [-0.1, -0.05) is 12.1 Å². The van der Waals surface area contributed by atoms with Gasteiger partial charge in [-0.2, -0.15) is 0 Å². The van der Waals surface area contributed by atoms with Crippen molar-refractivity contribution < 1.29 is 0 Å². The van der Waals surface area contributed by atoms with E-state index in [2.05, 4.69) is 11.1 Å². The van der Waals surface area contributed by atoms with Crippen molar-refractivity contribution in [2.24, 2.45) is 0 Å². The largest absolute Gasteiger partial charge is 0.328 e. The van der Waals surface area contributed by atoms with Crippen LogP contribution >= 0.6 is 0 Å². The number of aromatic nitrogens is 3. The van der Waals surface area contributed by atoms with Crippen LogP contribution in [0.15, 0.2) is 53.7 Å². The van der Waals surface area contributed by atoms with E-state index < -0.39 is 0 Å². The Hall–Kier alpha value is -2.36. The van der Waals surface area contributed by atoms with E-state index in [-0.39, 0.29) is 5.69 Å². The predicted molar refractivity (Wildman–Crippen MR) is 77.8 cm³/mol. The molecule has 4 heteroatoms. The van der Waals surface area contributed by atoms with E-state index in [0.29, 0.717) is 12.6 Å². The maximum Gasteiger partial charge on any atom is 0.328 e. The summed E-state index contributed by atoms with van der Waals surface area (Å²) in [5.41, 5.74) is 2.21. The van der Waals surface area contributed by atoms with Crippen molar-refractivity contribution in [3.63, 3.8) is 0 Å². The van der Waals surface area contributed by atoms with Gasteiger partial charge in [-0.05, 0) is 36.6 Å². The van der Waals surface area contributed by atoms with Crippen LogP contribution < -0.4 is 5.69 Å². The first-order valence-corrected chi connectivity index (χ1v) is 6.92. The molecule has 0 spiro atoms. The van der Waals surface area contributed by atoms with Crippen LogP contribution in [-0.4, -0.2) is 14.1 Å². The number of pyridine rings is 1. The molecule has 1 aromatic carbocycles. The number of hydrogen-bond donors (Lipinski definition) is 0. The Kier molecular flexibility index (Phi) is 2.49. The minimum atomic E-state index is 0.0961. The van der Waals surface area contributed by atoms with Crippen LogP contribution in [0.4, 0.5) is 0 Å². The second-order valence-electron chi connectivity index (χ2n) is 5.38. The summed E-state index contributed by atoms with van der Waals surface area (Å²) in [4.78, 5) is 16.5. The standard InChI is InChI=1S/C16H15N3O/c20-16-18(8-9-19(16)14-4-5-14)11-12-3-6-15-13(10-12)2-1-7-17-15/h1-3,6-10,14H,4-5,11H2. The summed E-state index contributed by atoms with van der Waals surface area (Å²) in [6, 6.07) is 10.6. The van der Waals surface area contributed by atoms with Crippen LogP contribution in [0.1, 0.15) is 24.4 Å². The van der Waals surface area contributed by atoms with Gasteiger partial charge in [-0.25, -0.2) is 4.79 Å². The molecule has 1 saturated carbocycles. The fraction of sp³-hybridized carbons (Fsp3) is 0.250. The van der Waals surface area contributed by atoms with E-state index in [9.17, 15) is 4.79 Å². The second-order valence-corrected chi connectivity index (χ2v) is 5.38. The number of benzene rings is 1. The third kappa shape index (κ3) is 1.93. The number of nitrogens with zero attached hydrogens (tertiary/aromatic N) is 3. The highest BCUT2D eigenvalue weighted by Crippen LogP contribution is 2.33. The summed E-state index contributed by atoms with van der Waals surface area (Å²) in [6.45, 7) is 0.614. The van der Waals surface area contributed by atoms with Gasteiger partial charge in [0.2, 0.25) is 0 Å². The first kappa shape index (κ1) is 11.5. The summed E-state index contributed by atoms with van der Waals surface area (Å²) < 4.78 is 3.62. The minimum Gasteiger partial charge on any atom is -0.296 e. The number of rotatable bonds is 3. The molecule has 0 amide bonds. The lowest BCUT2D eigenvalue weighted by molar-refractivity contribution is 0.656. The summed E-state index contributed by atoms with van der Waals surface area (Å²) in [5, 5.41) is 1.11. The third-order valence-electron chi connectivity index (χ3n) is 3.83. The van der Waals surface area contributed by atoms with Crippen molar-refractivity contribution in [3.8, 4) is 0 Å². The molecule has 0 aliphatic heterocycles. The van der Waals surface area contributed by atoms with Gasteiger partial charge in [-0.15, -0.1) is 0 Å². The van der Waals surface area contributed by atoms with Crippen LogP contribution in [0.5, 0.6) is 0 Å². The molecule has 100 valence electrons. The first-order valence-electron chi connectivity index (χ1n) is 6.92. The van der Waals surface area contributed by atoms with Crippen molar-refractivity contribution in [2.45, 2.75) is 25.4 Å². The molecule has 0 atom stereocenters. The molecule has 1 aliphatic carbocycles. The Morgan fingerprint density at radius 3 is 2.95 bits per heavy atom. The average molecular weight is 265 g/mol. The van der Waals surface area contributed by atoms with Crippen LogP contribution in [-0.2, 0) is 6.54 Å². The van der Waals surface area contributed by atoms with Gasteiger partial charge in [0.15, 0.2) is 0 Å². The van der Waals surface area contributed by atoms with Crippen molar-refractivity contribution in [1.82, 2.24) is 14.1 Å². The van der Waals surface area contributed by atoms with Gasteiger partial charge < -0.3 is 0 Å². The van der Waals surface area contributed by atoms with Crippen LogP contribution in [0.25, 0.3) is 10.9 Å². The Balaban J connectivity index is 1.68. The molecule has 2 heterocycles. The number of imidazole rings is 1. The van der Waals surface area contributed by atoms with Gasteiger partial charge in [-0.3, -0.25) is 14.1 Å². The average Bonchev–Trinajstić information content (AvgIpc) is 3.25. The molecular formula is C16H15N3O. The van der Waals surface area contributed by atoms with Crippen LogP contribution in [0.3, 0.4) is 0 Å². The molecule has 1 fully saturated rings. The summed E-state index contributed by atoms with van der Waals surface area (Å²) in [6.07, 6.45) is 7.84. The molecule has 4 rings (SSSR count). The SMILES string of the molecule is O=c1n(Cc2ccc3ncccc3c2)ccn1C1CC1. The molecule has 2 aromatic heterocycles. The second kappa shape index (κ2) is 4.34. The zero-order valence-electron chi connectivity index (χ0n) is 11.1. The smallest absolute Gasteiger partial charge is 0.296 e. The van der Waals surface area contributed by atoms with E-state index in [4.69, 9.17) is 0 Å². The normalized spacial score (nSPS) is 14.8. The van der Waals surface area contributed by atoms with Crippen LogP contribution in [0, 0.1) is 0 Å². The van der Waals surface area contributed by atoms with Crippen molar-refractivity contribution >= 4 is 10.9 Å². The third-order valence-corrected chi connectivity index (χ3v) is 3.83. The summed E-state index contributed by atoms with van der Waals surface area (Å²) in [7, 11) is 0. The topological polar surface area (TPSA) is 39.8 Å². The monoisotopic (exact) mass is 265 g/mol. The lowest BCUT2D eigenvalue weighted by atomic mass is 10.1. The first-order chi connectivity index (χ1) is 9.81. The fourth-order valence-corrected chi connectivity index (χ4v) is 2.60. The maximum atomic E-state index is 12.2. The summed E-state index contributed by atoms with van der Waals surface area (Å²) in [5.74, 6) is 0. The van der Waals surface area contributed by atoms with E-state index in [0.717, 1.165) is 29.3 Å². The molecular weight excluding hydrogens is 250 g/mol. The minimum absolute atomic E-state index is 0.0961. The zero-order chi connectivity index (χ0) is 13.5. The Bertz CT molecular complexity index is 827. The molecule has 3 aromatic rings. The van der Waals surface area contributed by atoms with E-state index in [1.807, 2.05) is 41.2 Å². The molecule has 20 heavy (non-hydrogen) atoms. The molecule has 0 radical (unpaired) electrons. The predicted octanol–water partition coefficient (Wildman–Crippen LogP) is 2.58. The van der Waals surface area contributed by atoms with Crippen molar-refractivity contribution in [3.05, 3.63) is 65.0 Å². The molecule has 0 unspecified atom stereocenters.